The highest BCUT2D eigenvalue weighted by Gasteiger charge is 2.15. The minimum Gasteiger partial charge on any atom is -0.339 e. The molecule has 1 aromatic heterocycles. The molecule has 0 fully saturated rings. The van der Waals surface area contributed by atoms with Gasteiger partial charge in [-0.2, -0.15) is 0 Å². The van der Waals surface area contributed by atoms with Crippen molar-refractivity contribution in [3.05, 3.63) is 35.0 Å². The van der Waals surface area contributed by atoms with Crippen molar-refractivity contribution in [2.75, 3.05) is 13.1 Å². The number of hydrogen-bond acceptors (Lipinski definition) is 2. The average molecular weight is 251 g/mol. The van der Waals surface area contributed by atoms with Crippen molar-refractivity contribution in [2.24, 2.45) is 0 Å². The Morgan fingerprint density at radius 3 is 2.65 bits per heavy atom. The van der Waals surface area contributed by atoms with Crippen LogP contribution in [0.25, 0.3) is 10.1 Å². The van der Waals surface area contributed by atoms with E-state index in [1.54, 1.807) is 11.0 Å². The van der Waals surface area contributed by atoms with E-state index in [9.17, 15) is 9.18 Å². The lowest BCUT2D eigenvalue weighted by molar-refractivity contribution is 0.0778. The summed E-state index contributed by atoms with van der Waals surface area (Å²) in [5.41, 5.74) is 0. The molecule has 1 aromatic carbocycles. The maximum absolute atomic E-state index is 13.0. The SMILES string of the molecule is CCN(CC)C(=O)c1cc2ccc(F)cc2s1. The standard InChI is InChI=1S/C13H14FNOS/c1-3-15(4-2)13(16)12-7-9-5-6-10(14)8-11(9)17-12/h5-8H,3-4H2,1-2H3. The Hall–Kier alpha value is -1.42. The third-order valence-corrected chi connectivity index (χ3v) is 3.83. The molecule has 90 valence electrons. The van der Waals surface area contributed by atoms with Gasteiger partial charge in [0.2, 0.25) is 0 Å². The van der Waals surface area contributed by atoms with Gasteiger partial charge in [0.1, 0.15) is 5.82 Å². The quantitative estimate of drug-likeness (QED) is 0.817. The first kappa shape index (κ1) is 12.0. The Bertz CT molecular complexity index is 545. The van der Waals surface area contributed by atoms with Crippen LogP contribution in [-0.2, 0) is 0 Å². The molecular weight excluding hydrogens is 237 g/mol. The van der Waals surface area contributed by atoms with E-state index in [2.05, 4.69) is 0 Å². The molecule has 0 bridgehead atoms. The summed E-state index contributed by atoms with van der Waals surface area (Å²) in [6, 6.07) is 6.43. The molecule has 0 aliphatic rings. The van der Waals surface area contributed by atoms with Crippen LogP contribution in [0.3, 0.4) is 0 Å². The number of thiophene rings is 1. The first-order valence-electron chi connectivity index (χ1n) is 5.64. The van der Waals surface area contributed by atoms with Gasteiger partial charge in [-0.3, -0.25) is 4.79 Å². The molecule has 0 unspecified atom stereocenters. The van der Waals surface area contributed by atoms with E-state index in [-0.39, 0.29) is 11.7 Å². The zero-order chi connectivity index (χ0) is 12.4. The summed E-state index contributed by atoms with van der Waals surface area (Å²) in [6.45, 7) is 5.29. The smallest absolute Gasteiger partial charge is 0.263 e. The molecule has 0 saturated carbocycles. The summed E-state index contributed by atoms with van der Waals surface area (Å²) in [7, 11) is 0. The molecule has 0 spiro atoms. The Balaban J connectivity index is 2.39. The van der Waals surface area contributed by atoms with Gasteiger partial charge < -0.3 is 4.90 Å². The van der Waals surface area contributed by atoms with Crippen LogP contribution < -0.4 is 0 Å². The van der Waals surface area contributed by atoms with E-state index in [1.165, 1.54) is 23.5 Å². The van der Waals surface area contributed by atoms with Gasteiger partial charge in [-0.05, 0) is 37.4 Å². The second kappa shape index (κ2) is 4.84. The molecule has 2 aromatic rings. The molecule has 2 rings (SSSR count). The van der Waals surface area contributed by atoms with Crippen LogP contribution in [-0.4, -0.2) is 23.9 Å². The highest BCUT2D eigenvalue weighted by Crippen LogP contribution is 2.27. The van der Waals surface area contributed by atoms with Crippen LogP contribution in [0.15, 0.2) is 24.3 Å². The normalized spacial score (nSPS) is 10.8. The largest absolute Gasteiger partial charge is 0.339 e. The van der Waals surface area contributed by atoms with E-state index < -0.39 is 0 Å². The number of halogens is 1. The molecule has 0 aliphatic heterocycles. The van der Waals surface area contributed by atoms with E-state index in [4.69, 9.17) is 0 Å². The minimum atomic E-state index is -0.263. The summed E-state index contributed by atoms with van der Waals surface area (Å²) in [4.78, 5) is 14.5. The molecular formula is C13H14FNOS. The highest BCUT2D eigenvalue weighted by molar-refractivity contribution is 7.20. The summed E-state index contributed by atoms with van der Waals surface area (Å²) in [5.74, 6) is -0.238. The van der Waals surface area contributed by atoms with Crippen LogP contribution in [0.1, 0.15) is 23.5 Å². The van der Waals surface area contributed by atoms with Crippen molar-refractivity contribution in [3.8, 4) is 0 Å². The van der Waals surface area contributed by atoms with Gasteiger partial charge in [-0.25, -0.2) is 4.39 Å². The van der Waals surface area contributed by atoms with Crippen molar-refractivity contribution < 1.29 is 9.18 Å². The van der Waals surface area contributed by atoms with Gasteiger partial charge >= 0.3 is 0 Å². The number of benzene rings is 1. The van der Waals surface area contributed by atoms with Gasteiger partial charge in [0.15, 0.2) is 0 Å². The van der Waals surface area contributed by atoms with E-state index in [1.807, 2.05) is 19.9 Å². The molecule has 0 atom stereocenters. The number of nitrogens with zero attached hydrogens (tertiary/aromatic N) is 1. The molecule has 1 heterocycles. The Kier molecular flexibility index (Phi) is 3.43. The molecule has 17 heavy (non-hydrogen) atoms. The lowest BCUT2D eigenvalue weighted by Gasteiger charge is -2.17. The van der Waals surface area contributed by atoms with Crippen molar-refractivity contribution in [1.29, 1.82) is 0 Å². The van der Waals surface area contributed by atoms with Crippen LogP contribution in [0.4, 0.5) is 4.39 Å². The van der Waals surface area contributed by atoms with E-state index in [0.29, 0.717) is 18.0 Å². The monoisotopic (exact) mass is 251 g/mol. The van der Waals surface area contributed by atoms with Gasteiger partial charge in [-0.15, -0.1) is 11.3 Å². The fourth-order valence-electron chi connectivity index (χ4n) is 1.78. The van der Waals surface area contributed by atoms with Gasteiger partial charge in [-0.1, -0.05) is 6.07 Å². The Morgan fingerprint density at radius 2 is 2.00 bits per heavy atom. The predicted octanol–water partition coefficient (Wildman–Crippen LogP) is 3.52. The average Bonchev–Trinajstić information content (AvgIpc) is 2.73. The van der Waals surface area contributed by atoms with Crippen molar-refractivity contribution in [3.63, 3.8) is 0 Å². The molecule has 0 saturated heterocycles. The summed E-state index contributed by atoms with van der Waals surface area (Å²) in [6.07, 6.45) is 0. The first-order valence-corrected chi connectivity index (χ1v) is 6.45. The van der Waals surface area contributed by atoms with Crippen LogP contribution in [0.2, 0.25) is 0 Å². The highest BCUT2D eigenvalue weighted by atomic mass is 32.1. The molecule has 0 N–H and O–H groups in total. The van der Waals surface area contributed by atoms with Gasteiger partial charge in [0.25, 0.3) is 5.91 Å². The number of fused-ring (bicyclic) bond motifs is 1. The predicted molar refractivity (Wildman–Crippen MR) is 69.0 cm³/mol. The second-order valence-corrected chi connectivity index (χ2v) is 4.85. The fourth-order valence-corrected chi connectivity index (χ4v) is 2.83. The molecule has 4 heteroatoms. The van der Waals surface area contributed by atoms with Crippen molar-refractivity contribution in [2.45, 2.75) is 13.8 Å². The Labute approximate surface area is 104 Å². The van der Waals surface area contributed by atoms with Crippen LogP contribution in [0.5, 0.6) is 0 Å². The van der Waals surface area contributed by atoms with E-state index >= 15 is 0 Å². The zero-order valence-corrected chi connectivity index (χ0v) is 10.7. The zero-order valence-electron chi connectivity index (χ0n) is 9.87. The summed E-state index contributed by atoms with van der Waals surface area (Å²) in [5, 5.41) is 0.923. The lowest BCUT2D eigenvalue weighted by atomic mass is 10.2. The minimum absolute atomic E-state index is 0.0246. The summed E-state index contributed by atoms with van der Waals surface area (Å²) < 4.78 is 13.9. The number of carbonyl (C=O) groups is 1. The molecule has 2 nitrogen and oxygen atoms in total. The second-order valence-electron chi connectivity index (χ2n) is 3.77. The van der Waals surface area contributed by atoms with Crippen LogP contribution >= 0.6 is 11.3 Å². The summed E-state index contributed by atoms with van der Waals surface area (Å²) >= 11 is 1.35. The van der Waals surface area contributed by atoms with E-state index in [0.717, 1.165) is 10.1 Å². The Morgan fingerprint density at radius 1 is 1.29 bits per heavy atom. The fraction of sp³-hybridized carbons (Fsp3) is 0.308. The lowest BCUT2D eigenvalue weighted by Crippen LogP contribution is -2.29. The third-order valence-electron chi connectivity index (χ3n) is 2.74. The number of rotatable bonds is 3. The molecule has 0 radical (unpaired) electrons. The number of hydrogen-bond donors (Lipinski definition) is 0. The van der Waals surface area contributed by atoms with Crippen molar-refractivity contribution >= 4 is 27.3 Å². The topological polar surface area (TPSA) is 20.3 Å². The maximum atomic E-state index is 13.0. The third kappa shape index (κ3) is 2.31. The molecule has 1 amide bonds. The van der Waals surface area contributed by atoms with Crippen LogP contribution in [0, 0.1) is 5.82 Å². The maximum Gasteiger partial charge on any atom is 0.263 e. The first-order chi connectivity index (χ1) is 8.15. The van der Waals surface area contributed by atoms with Gasteiger partial charge in [0, 0.05) is 17.8 Å². The van der Waals surface area contributed by atoms with Gasteiger partial charge in [0.05, 0.1) is 4.88 Å². The number of amides is 1. The molecule has 0 aliphatic carbocycles. The number of carbonyl (C=O) groups excluding carboxylic acids is 1. The van der Waals surface area contributed by atoms with Crippen molar-refractivity contribution in [1.82, 2.24) is 4.90 Å².